The van der Waals surface area contributed by atoms with E-state index in [1.54, 1.807) is 10.7 Å². The summed E-state index contributed by atoms with van der Waals surface area (Å²) < 4.78 is 1.62. The number of fused-ring (bicyclic) bond motifs is 1. The van der Waals surface area contributed by atoms with E-state index in [0.717, 1.165) is 25.0 Å². The quantitative estimate of drug-likeness (QED) is 0.679. The number of carbonyl (C=O) groups excluding carboxylic acids is 2. The Morgan fingerprint density at radius 3 is 2.85 bits per heavy atom. The maximum absolute atomic E-state index is 12.3. The molecular weight excluding hydrogens is 332 g/mol. The summed E-state index contributed by atoms with van der Waals surface area (Å²) in [5.41, 5.74) is 1.45. The zero-order valence-corrected chi connectivity index (χ0v) is 14.5. The lowest BCUT2D eigenvalue weighted by Gasteiger charge is -2.34. The van der Waals surface area contributed by atoms with Gasteiger partial charge in [0.05, 0.1) is 11.6 Å². The normalized spacial score (nSPS) is 24.7. The molecule has 1 aromatic carbocycles. The van der Waals surface area contributed by atoms with E-state index in [0.29, 0.717) is 11.5 Å². The van der Waals surface area contributed by atoms with Crippen molar-refractivity contribution in [2.45, 2.75) is 38.5 Å². The van der Waals surface area contributed by atoms with Gasteiger partial charge in [0.1, 0.15) is 5.82 Å². The molecule has 0 spiro atoms. The minimum absolute atomic E-state index is 0.0284. The van der Waals surface area contributed by atoms with Crippen LogP contribution in [0.3, 0.4) is 0 Å². The van der Waals surface area contributed by atoms with Gasteiger partial charge in [0.25, 0.3) is 0 Å². The molecule has 1 aliphatic carbocycles. The van der Waals surface area contributed by atoms with E-state index in [1.165, 1.54) is 0 Å². The van der Waals surface area contributed by atoms with Crippen molar-refractivity contribution in [2.24, 2.45) is 5.92 Å². The standard InChI is InChI=1S/C18H22N6O2/c1-11-10-15(21-18(26)19-12-6-3-2-4-7-12)24(23-11)17-20-14-9-5-8-13(14)16(25)22-17/h2-4,6-7,10,13-14,17,20H,5,8-9H2,1H3,(H,22,25)(H2,19,21,26). The van der Waals surface area contributed by atoms with Crippen molar-refractivity contribution in [3.63, 3.8) is 0 Å². The molecule has 26 heavy (non-hydrogen) atoms. The molecule has 4 N–H and O–H groups in total. The van der Waals surface area contributed by atoms with Gasteiger partial charge in [0.2, 0.25) is 5.91 Å². The first kappa shape index (κ1) is 16.6. The fraction of sp³-hybridized carbons (Fsp3) is 0.389. The lowest BCUT2D eigenvalue weighted by molar-refractivity contribution is -0.130. The molecule has 2 aromatic rings. The van der Waals surface area contributed by atoms with Crippen molar-refractivity contribution >= 4 is 23.4 Å². The van der Waals surface area contributed by atoms with E-state index in [1.807, 2.05) is 37.3 Å². The minimum atomic E-state index is -0.470. The maximum Gasteiger partial charge on any atom is 0.324 e. The van der Waals surface area contributed by atoms with Crippen LogP contribution in [0.2, 0.25) is 0 Å². The predicted molar refractivity (Wildman–Crippen MR) is 97.5 cm³/mol. The average Bonchev–Trinajstić information content (AvgIpc) is 3.22. The van der Waals surface area contributed by atoms with Crippen LogP contribution >= 0.6 is 0 Å². The third-order valence-corrected chi connectivity index (χ3v) is 4.88. The lowest BCUT2D eigenvalue weighted by atomic mass is 10.0. The minimum Gasteiger partial charge on any atom is -0.322 e. The topological polar surface area (TPSA) is 100 Å². The van der Waals surface area contributed by atoms with Gasteiger partial charge < -0.3 is 10.6 Å². The molecule has 0 bridgehead atoms. The lowest BCUT2D eigenvalue weighted by Crippen LogP contribution is -2.57. The zero-order chi connectivity index (χ0) is 18.1. The highest BCUT2D eigenvalue weighted by molar-refractivity contribution is 5.99. The van der Waals surface area contributed by atoms with Gasteiger partial charge in [-0.15, -0.1) is 0 Å². The first-order valence-corrected chi connectivity index (χ1v) is 8.86. The second-order valence-electron chi connectivity index (χ2n) is 6.78. The monoisotopic (exact) mass is 354 g/mol. The number of amides is 3. The maximum atomic E-state index is 12.3. The van der Waals surface area contributed by atoms with Crippen molar-refractivity contribution in [1.82, 2.24) is 20.4 Å². The van der Waals surface area contributed by atoms with E-state index in [9.17, 15) is 9.59 Å². The smallest absolute Gasteiger partial charge is 0.322 e. The van der Waals surface area contributed by atoms with Gasteiger partial charge in [-0.1, -0.05) is 24.6 Å². The number of para-hydroxylation sites is 1. The molecule has 8 nitrogen and oxygen atoms in total. The van der Waals surface area contributed by atoms with E-state index in [-0.39, 0.29) is 23.9 Å². The van der Waals surface area contributed by atoms with Crippen LogP contribution in [0.5, 0.6) is 0 Å². The summed E-state index contributed by atoms with van der Waals surface area (Å²) >= 11 is 0. The number of benzene rings is 1. The number of carbonyl (C=O) groups is 2. The Hall–Kier alpha value is -2.87. The summed E-state index contributed by atoms with van der Waals surface area (Å²) in [4.78, 5) is 24.7. The molecule has 2 heterocycles. The molecule has 1 saturated heterocycles. The molecule has 3 unspecified atom stereocenters. The van der Waals surface area contributed by atoms with Crippen LogP contribution in [-0.2, 0) is 4.79 Å². The molecule has 2 fully saturated rings. The highest BCUT2D eigenvalue weighted by Gasteiger charge is 2.40. The third-order valence-electron chi connectivity index (χ3n) is 4.88. The third kappa shape index (κ3) is 3.28. The van der Waals surface area contributed by atoms with Crippen LogP contribution in [0.4, 0.5) is 16.3 Å². The molecule has 1 saturated carbocycles. The second kappa shape index (κ2) is 6.80. The van der Waals surface area contributed by atoms with Gasteiger partial charge in [-0.3, -0.25) is 15.4 Å². The van der Waals surface area contributed by atoms with E-state index in [4.69, 9.17) is 0 Å². The Balaban J connectivity index is 1.50. The number of rotatable bonds is 3. The summed E-state index contributed by atoms with van der Waals surface area (Å²) in [5, 5.41) is 16.4. The second-order valence-corrected chi connectivity index (χ2v) is 6.78. The number of aryl methyl sites for hydroxylation is 1. The highest BCUT2D eigenvalue weighted by atomic mass is 16.2. The zero-order valence-electron chi connectivity index (χ0n) is 14.5. The Bertz CT molecular complexity index is 818. The largest absolute Gasteiger partial charge is 0.324 e. The van der Waals surface area contributed by atoms with Gasteiger partial charge >= 0.3 is 6.03 Å². The van der Waals surface area contributed by atoms with Crippen LogP contribution < -0.4 is 21.3 Å². The Morgan fingerprint density at radius 2 is 2.04 bits per heavy atom. The van der Waals surface area contributed by atoms with Gasteiger partial charge in [-0.05, 0) is 31.9 Å². The summed E-state index contributed by atoms with van der Waals surface area (Å²) in [6.07, 6.45) is 2.47. The first-order valence-electron chi connectivity index (χ1n) is 8.86. The van der Waals surface area contributed by atoms with Crippen molar-refractivity contribution in [2.75, 3.05) is 10.6 Å². The number of urea groups is 1. The molecule has 0 radical (unpaired) electrons. The van der Waals surface area contributed by atoms with Gasteiger partial charge in [-0.2, -0.15) is 5.10 Å². The first-order chi connectivity index (χ1) is 12.6. The molecule has 136 valence electrons. The van der Waals surface area contributed by atoms with Crippen LogP contribution in [-0.4, -0.2) is 27.8 Å². The highest BCUT2D eigenvalue weighted by Crippen LogP contribution is 2.30. The SMILES string of the molecule is Cc1cc(NC(=O)Nc2ccccc2)n(C2NC(=O)C3CCCC3N2)n1. The summed E-state index contributed by atoms with van der Waals surface area (Å²) in [6.45, 7) is 1.85. The predicted octanol–water partition coefficient (Wildman–Crippen LogP) is 2.18. The van der Waals surface area contributed by atoms with Crippen molar-refractivity contribution < 1.29 is 9.59 Å². The van der Waals surface area contributed by atoms with E-state index < -0.39 is 6.29 Å². The molecular formula is C18H22N6O2. The van der Waals surface area contributed by atoms with Crippen LogP contribution in [0, 0.1) is 12.8 Å². The van der Waals surface area contributed by atoms with Crippen molar-refractivity contribution in [3.05, 3.63) is 42.1 Å². The Morgan fingerprint density at radius 1 is 1.23 bits per heavy atom. The Kier molecular flexibility index (Phi) is 4.34. The summed E-state index contributed by atoms with van der Waals surface area (Å²) in [7, 11) is 0. The fourth-order valence-corrected chi connectivity index (χ4v) is 3.70. The molecule has 4 rings (SSSR count). The number of nitrogens with one attached hydrogen (secondary N) is 4. The number of aromatic nitrogens is 2. The van der Waals surface area contributed by atoms with Crippen LogP contribution in [0.15, 0.2) is 36.4 Å². The van der Waals surface area contributed by atoms with Crippen LogP contribution in [0.25, 0.3) is 0 Å². The van der Waals surface area contributed by atoms with Crippen LogP contribution in [0.1, 0.15) is 31.2 Å². The van der Waals surface area contributed by atoms with E-state index >= 15 is 0 Å². The summed E-state index contributed by atoms with van der Waals surface area (Å²) in [5.74, 6) is 0.593. The van der Waals surface area contributed by atoms with Gasteiger partial charge in [0, 0.05) is 17.8 Å². The molecule has 1 aliphatic heterocycles. The van der Waals surface area contributed by atoms with Gasteiger partial charge in [0.15, 0.2) is 6.29 Å². The molecule has 1 aromatic heterocycles. The average molecular weight is 354 g/mol. The molecule has 8 heteroatoms. The van der Waals surface area contributed by atoms with Crippen molar-refractivity contribution in [3.8, 4) is 0 Å². The molecule has 3 amide bonds. The van der Waals surface area contributed by atoms with E-state index in [2.05, 4.69) is 26.4 Å². The fourth-order valence-electron chi connectivity index (χ4n) is 3.70. The Labute approximate surface area is 151 Å². The number of nitrogens with zero attached hydrogens (tertiary/aromatic N) is 2. The number of hydrogen-bond donors (Lipinski definition) is 4. The van der Waals surface area contributed by atoms with Gasteiger partial charge in [-0.25, -0.2) is 9.48 Å². The van der Waals surface area contributed by atoms with Crippen molar-refractivity contribution in [1.29, 1.82) is 0 Å². The number of hydrogen-bond acceptors (Lipinski definition) is 4. The molecule has 2 aliphatic rings. The molecule has 3 atom stereocenters. The summed E-state index contributed by atoms with van der Waals surface area (Å²) in [6, 6.07) is 10.8. The number of anilines is 2.